The van der Waals surface area contributed by atoms with Crippen molar-refractivity contribution in [2.24, 2.45) is 0 Å². The van der Waals surface area contributed by atoms with E-state index in [-0.39, 0.29) is 12.1 Å². The number of halogens is 1. The van der Waals surface area contributed by atoms with Gasteiger partial charge in [-0.1, -0.05) is 32.0 Å². The van der Waals surface area contributed by atoms with E-state index in [2.05, 4.69) is 4.72 Å². The topological polar surface area (TPSA) is 69.6 Å². The lowest BCUT2D eigenvalue weighted by Crippen LogP contribution is -2.42. The molecule has 0 heterocycles. The molecule has 0 aliphatic carbocycles. The summed E-state index contributed by atoms with van der Waals surface area (Å²) in [5, 5.41) is 9.81. The molecule has 0 spiro atoms. The van der Waals surface area contributed by atoms with Gasteiger partial charge in [0.25, 0.3) is 10.2 Å². The Morgan fingerprint density at radius 1 is 1.32 bits per heavy atom. The molecule has 5 nitrogen and oxygen atoms in total. The van der Waals surface area contributed by atoms with Crippen LogP contribution in [0.5, 0.6) is 0 Å². The number of aliphatic hydroxyl groups excluding tert-OH is 1. The average Bonchev–Trinajstić information content (AvgIpc) is 2.38. The SMILES string of the molecule is CCN(CC)S(=O)(=O)NCC(O)c1ccccc1F. The standard InChI is InChI=1S/C12H19FN2O3S/c1-3-15(4-2)19(17,18)14-9-12(16)10-7-5-6-8-11(10)13/h5-8,12,14,16H,3-4,9H2,1-2H3. The van der Waals surface area contributed by atoms with Gasteiger partial charge in [0, 0.05) is 25.2 Å². The fourth-order valence-electron chi connectivity index (χ4n) is 1.69. The third-order valence-electron chi connectivity index (χ3n) is 2.77. The van der Waals surface area contributed by atoms with E-state index in [9.17, 15) is 17.9 Å². The van der Waals surface area contributed by atoms with E-state index in [1.807, 2.05) is 0 Å². The maximum atomic E-state index is 13.4. The zero-order valence-corrected chi connectivity index (χ0v) is 11.8. The Morgan fingerprint density at radius 2 is 1.89 bits per heavy atom. The normalized spacial score (nSPS) is 13.7. The molecule has 0 saturated carbocycles. The van der Waals surface area contributed by atoms with Gasteiger partial charge in [-0.25, -0.2) is 4.39 Å². The van der Waals surface area contributed by atoms with Crippen LogP contribution in [0.25, 0.3) is 0 Å². The van der Waals surface area contributed by atoms with Crippen LogP contribution >= 0.6 is 0 Å². The molecule has 0 radical (unpaired) electrons. The van der Waals surface area contributed by atoms with Crippen molar-refractivity contribution in [3.8, 4) is 0 Å². The second-order valence-corrected chi connectivity index (χ2v) is 5.73. The van der Waals surface area contributed by atoms with Crippen molar-refractivity contribution in [3.63, 3.8) is 0 Å². The second kappa shape index (κ2) is 6.95. The molecule has 1 aromatic rings. The lowest BCUT2D eigenvalue weighted by atomic mass is 10.1. The monoisotopic (exact) mass is 290 g/mol. The van der Waals surface area contributed by atoms with Gasteiger partial charge in [0.1, 0.15) is 5.82 Å². The van der Waals surface area contributed by atoms with Crippen LogP contribution in [0, 0.1) is 5.82 Å². The summed E-state index contributed by atoms with van der Waals surface area (Å²) in [6, 6.07) is 5.73. The first kappa shape index (κ1) is 16.0. The highest BCUT2D eigenvalue weighted by Crippen LogP contribution is 2.16. The van der Waals surface area contributed by atoms with Crippen molar-refractivity contribution in [1.82, 2.24) is 9.03 Å². The van der Waals surface area contributed by atoms with E-state index < -0.39 is 22.1 Å². The first-order valence-corrected chi connectivity index (χ1v) is 7.53. The molecule has 1 rings (SSSR count). The van der Waals surface area contributed by atoms with E-state index in [4.69, 9.17) is 0 Å². The minimum Gasteiger partial charge on any atom is -0.387 e. The molecule has 0 aliphatic rings. The van der Waals surface area contributed by atoms with Gasteiger partial charge in [-0.15, -0.1) is 0 Å². The number of nitrogens with zero attached hydrogens (tertiary/aromatic N) is 1. The van der Waals surface area contributed by atoms with Gasteiger partial charge in [-0.2, -0.15) is 17.4 Å². The molecule has 108 valence electrons. The van der Waals surface area contributed by atoms with Gasteiger partial charge < -0.3 is 5.11 Å². The Hall–Kier alpha value is -1.02. The summed E-state index contributed by atoms with van der Waals surface area (Å²) in [4.78, 5) is 0. The molecule has 0 bridgehead atoms. The highest BCUT2D eigenvalue weighted by atomic mass is 32.2. The predicted octanol–water partition coefficient (Wildman–Crippen LogP) is 1.04. The van der Waals surface area contributed by atoms with Crippen molar-refractivity contribution in [2.75, 3.05) is 19.6 Å². The first-order chi connectivity index (χ1) is 8.92. The Bertz CT molecular complexity index is 503. The van der Waals surface area contributed by atoms with Crippen LogP contribution < -0.4 is 4.72 Å². The van der Waals surface area contributed by atoms with E-state index in [1.54, 1.807) is 19.9 Å². The average molecular weight is 290 g/mol. The number of aliphatic hydroxyl groups is 1. The van der Waals surface area contributed by atoms with Gasteiger partial charge >= 0.3 is 0 Å². The Kier molecular flexibility index (Phi) is 5.86. The second-order valence-electron chi connectivity index (χ2n) is 3.98. The fraction of sp³-hybridized carbons (Fsp3) is 0.500. The summed E-state index contributed by atoms with van der Waals surface area (Å²) in [7, 11) is -3.64. The Balaban J connectivity index is 2.69. The molecule has 0 fully saturated rings. The third-order valence-corrected chi connectivity index (χ3v) is 4.50. The molecule has 1 atom stereocenters. The van der Waals surface area contributed by atoms with Crippen LogP contribution in [0.2, 0.25) is 0 Å². The maximum Gasteiger partial charge on any atom is 0.279 e. The molecule has 0 aromatic heterocycles. The van der Waals surface area contributed by atoms with Gasteiger partial charge in [0.15, 0.2) is 0 Å². The Labute approximate surface area is 113 Å². The molecular formula is C12H19FN2O3S. The molecule has 0 aliphatic heterocycles. The minimum atomic E-state index is -3.64. The summed E-state index contributed by atoms with van der Waals surface area (Å²) in [5.74, 6) is -0.558. The van der Waals surface area contributed by atoms with Gasteiger partial charge in [-0.05, 0) is 6.07 Å². The van der Waals surface area contributed by atoms with Crippen molar-refractivity contribution >= 4 is 10.2 Å². The lowest BCUT2D eigenvalue weighted by Gasteiger charge is -2.20. The van der Waals surface area contributed by atoms with Gasteiger partial charge in [-0.3, -0.25) is 0 Å². The van der Waals surface area contributed by atoms with Crippen molar-refractivity contribution in [2.45, 2.75) is 20.0 Å². The molecule has 0 saturated heterocycles. The van der Waals surface area contributed by atoms with E-state index >= 15 is 0 Å². The van der Waals surface area contributed by atoms with Gasteiger partial charge in [0.05, 0.1) is 6.10 Å². The zero-order valence-electron chi connectivity index (χ0n) is 11.0. The predicted molar refractivity (Wildman–Crippen MR) is 71.2 cm³/mol. The number of nitrogens with one attached hydrogen (secondary N) is 1. The molecular weight excluding hydrogens is 271 g/mol. The largest absolute Gasteiger partial charge is 0.387 e. The molecule has 1 aromatic carbocycles. The summed E-state index contributed by atoms with van der Waals surface area (Å²) in [5.41, 5.74) is 0.0738. The minimum absolute atomic E-state index is 0.0738. The smallest absolute Gasteiger partial charge is 0.279 e. The summed E-state index contributed by atoms with van der Waals surface area (Å²) >= 11 is 0. The van der Waals surface area contributed by atoms with Crippen LogP contribution in [0.3, 0.4) is 0 Å². The van der Waals surface area contributed by atoms with Crippen molar-refractivity contribution < 1.29 is 17.9 Å². The molecule has 2 N–H and O–H groups in total. The van der Waals surface area contributed by atoms with E-state index in [0.717, 1.165) is 0 Å². The van der Waals surface area contributed by atoms with E-state index in [0.29, 0.717) is 13.1 Å². The van der Waals surface area contributed by atoms with Crippen LogP contribution in [0.15, 0.2) is 24.3 Å². The third kappa shape index (κ3) is 4.24. The number of hydrogen-bond acceptors (Lipinski definition) is 3. The van der Waals surface area contributed by atoms with Crippen molar-refractivity contribution in [3.05, 3.63) is 35.6 Å². The zero-order chi connectivity index (χ0) is 14.5. The summed E-state index contributed by atoms with van der Waals surface area (Å²) in [6.45, 7) is 3.84. The van der Waals surface area contributed by atoms with Gasteiger partial charge in [0.2, 0.25) is 0 Å². The van der Waals surface area contributed by atoms with Crippen LogP contribution in [-0.2, 0) is 10.2 Å². The maximum absolute atomic E-state index is 13.4. The van der Waals surface area contributed by atoms with Crippen LogP contribution in [0.1, 0.15) is 25.5 Å². The van der Waals surface area contributed by atoms with Crippen LogP contribution in [0.4, 0.5) is 4.39 Å². The highest BCUT2D eigenvalue weighted by molar-refractivity contribution is 7.87. The number of hydrogen-bond donors (Lipinski definition) is 2. The quantitative estimate of drug-likeness (QED) is 0.788. The fourth-order valence-corrected chi connectivity index (χ4v) is 2.93. The first-order valence-electron chi connectivity index (χ1n) is 6.09. The summed E-state index contributed by atoms with van der Waals surface area (Å²) in [6.07, 6.45) is -1.22. The molecule has 7 heteroatoms. The highest BCUT2D eigenvalue weighted by Gasteiger charge is 2.20. The molecule has 1 unspecified atom stereocenters. The van der Waals surface area contributed by atoms with E-state index in [1.165, 1.54) is 22.5 Å². The molecule has 19 heavy (non-hydrogen) atoms. The molecule has 0 amide bonds. The van der Waals surface area contributed by atoms with Crippen molar-refractivity contribution in [1.29, 1.82) is 0 Å². The lowest BCUT2D eigenvalue weighted by molar-refractivity contribution is 0.176. The number of rotatable bonds is 7. The Morgan fingerprint density at radius 3 is 2.42 bits per heavy atom. The summed E-state index contributed by atoms with van der Waals surface area (Å²) < 4.78 is 40.5. The van der Waals surface area contributed by atoms with Crippen LogP contribution in [-0.4, -0.2) is 37.5 Å². The number of benzene rings is 1.